The molecule has 25 heavy (non-hydrogen) atoms. The third kappa shape index (κ3) is 4.20. The molecule has 0 amide bonds. The molecule has 2 aliphatic rings. The summed E-state index contributed by atoms with van der Waals surface area (Å²) in [6, 6.07) is 4.80. The Labute approximate surface area is 155 Å². The second-order valence-corrected chi connectivity index (χ2v) is 6.88. The van der Waals surface area contributed by atoms with E-state index in [1.807, 2.05) is 36.3 Å². The van der Waals surface area contributed by atoms with E-state index in [1.54, 1.807) is 0 Å². The number of aromatic nitrogens is 3. The normalized spacial score (nSPS) is 22.0. The van der Waals surface area contributed by atoms with Gasteiger partial charge in [-0.15, -0.1) is 12.4 Å². The molecule has 2 aromatic heterocycles. The van der Waals surface area contributed by atoms with Gasteiger partial charge in [0.05, 0.1) is 5.69 Å². The monoisotopic (exact) mass is 362 g/mol. The van der Waals surface area contributed by atoms with Crippen LogP contribution in [-0.4, -0.2) is 69.9 Å². The molecule has 136 valence electrons. The molecule has 2 fully saturated rings. The molecule has 0 bridgehead atoms. The van der Waals surface area contributed by atoms with Crippen molar-refractivity contribution >= 4 is 12.4 Å². The van der Waals surface area contributed by atoms with Gasteiger partial charge in [-0.2, -0.15) is 5.10 Å². The van der Waals surface area contributed by atoms with Gasteiger partial charge in [0.15, 0.2) is 0 Å². The molecule has 0 aliphatic carbocycles. The number of rotatable bonds is 4. The Kier molecular flexibility index (Phi) is 6.06. The number of nitrogens with zero attached hydrogens (tertiary/aromatic N) is 5. The van der Waals surface area contributed by atoms with E-state index in [-0.39, 0.29) is 12.4 Å². The number of aryl methyl sites for hydroxylation is 1. The van der Waals surface area contributed by atoms with Crippen molar-refractivity contribution in [3.05, 3.63) is 36.3 Å². The van der Waals surface area contributed by atoms with E-state index >= 15 is 0 Å². The van der Waals surface area contributed by atoms with E-state index < -0.39 is 0 Å². The van der Waals surface area contributed by atoms with Crippen LogP contribution in [0.1, 0.15) is 12.0 Å². The standard InChI is InChI=1S/C18H26N6.ClH/c1-22-12-16(18(21-22)15-2-5-19-6-3-15)13-23-9-4-17(14-23)24-10-7-20-8-11-24;/h2-3,5-6,12,17,20H,4,7-11,13-14H2,1H3;1H. The van der Waals surface area contributed by atoms with Crippen LogP contribution < -0.4 is 5.32 Å². The molecule has 1 N–H and O–H groups in total. The lowest BCUT2D eigenvalue weighted by atomic mass is 10.1. The van der Waals surface area contributed by atoms with E-state index in [0.717, 1.165) is 30.9 Å². The first-order valence-electron chi connectivity index (χ1n) is 8.89. The van der Waals surface area contributed by atoms with Crippen LogP contribution in [0, 0.1) is 0 Å². The highest BCUT2D eigenvalue weighted by atomic mass is 35.5. The van der Waals surface area contributed by atoms with Crippen LogP contribution in [0.4, 0.5) is 0 Å². The van der Waals surface area contributed by atoms with Crippen molar-refractivity contribution in [2.75, 3.05) is 39.3 Å². The van der Waals surface area contributed by atoms with Crippen molar-refractivity contribution in [1.82, 2.24) is 29.9 Å². The fourth-order valence-electron chi connectivity index (χ4n) is 3.95. The molecule has 0 spiro atoms. The van der Waals surface area contributed by atoms with Gasteiger partial charge in [0, 0.05) is 88.6 Å². The number of piperazine rings is 1. The Morgan fingerprint density at radius 1 is 1.16 bits per heavy atom. The predicted octanol–water partition coefficient (Wildman–Crippen LogP) is 1.38. The number of hydrogen-bond donors (Lipinski definition) is 1. The molecular weight excluding hydrogens is 336 g/mol. The van der Waals surface area contributed by atoms with Crippen LogP contribution in [0.2, 0.25) is 0 Å². The Morgan fingerprint density at radius 3 is 2.68 bits per heavy atom. The number of likely N-dealkylation sites (tertiary alicyclic amines) is 1. The molecule has 7 heteroatoms. The minimum absolute atomic E-state index is 0. The molecule has 2 aromatic rings. The molecule has 2 saturated heterocycles. The molecule has 6 nitrogen and oxygen atoms in total. The molecule has 4 heterocycles. The van der Waals surface area contributed by atoms with E-state index in [9.17, 15) is 0 Å². The summed E-state index contributed by atoms with van der Waals surface area (Å²) in [5.74, 6) is 0. The second-order valence-electron chi connectivity index (χ2n) is 6.88. The SMILES string of the molecule is Cl.Cn1cc(CN2CCC(N3CCNCC3)C2)c(-c2ccncc2)n1. The smallest absolute Gasteiger partial charge is 0.0969 e. The van der Waals surface area contributed by atoms with E-state index in [4.69, 9.17) is 0 Å². The van der Waals surface area contributed by atoms with Crippen molar-refractivity contribution in [3.8, 4) is 11.3 Å². The maximum Gasteiger partial charge on any atom is 0.0969 e. The van der Waals surface area contributed by atoms with Crippen molar-refractivity contribution in [2.24, 2.45) is 7.05 Å². The van der Waals surface area contributed by atoms with Crippen LogP contribution >= 0.6 is 12.4 Å². The fourth-order valence-corrected chi connectivity index (χ4v) is 3.95. The van der Waals surface area contributed by atoms with Gasteiger partial charge in [-0.3, -0.25) is 19.5 Å². The van der Waals surface area contributed by atoms with E-state index in [0.29, 0.717) is 6.04 Å². The third-order valence-corrected chi connectivity index (χ3v) is 5.17. The number of nitrogens with one attached hydrogen (secondary N) is 1. The first-order valence-corrected chi connectivity index (χ1v) is 8.89. The Hall–Kier alpha value is -1.47. The quantitative estimate of drug-likeness (QED) is 0.890. The molecule has 0 aromatic carbocycles. The van der Waals surface area contributed by atoms with Gasteiger partial charge in [-0.1, -0.05) is 0 Å². The molecule has 1 atom stereocenters. The highest BCUT2D eigenvalue weighted by Gasteiger charge is 2.29. The van der Waals surface area contributed by atoms with E-state index in [1.165, 1.54) is 38.2 Å². The first-order chi connectivity index (χ1) is 11.8. The van der Waals surface area contributed by atoms with Gasteiger partial charge < -0.3 is 5.32 Å². The zero-order valence-electron chi connectivity index (χ0n) is 14.8. The van der Waals surface area contributed by atoms with Crippen LogP contribution in [0.25, 0.3) is 11.3 Å². The summed E-state index contributed by atoms with van der Waals surface area (Å²) >= 11 is 0. The average molecular weight is 363 g/mol. The van der Waals surface area contributed by atoms with Crippen molar-refractivity contribution in [2.45, 2.75) is 19.0 Å². The van der Waals surface area contributed by atoms with Crippen molar-refractivity contribution < 1.29 is 0 Å². The van der Waals surface area contributed by atoms with Crippen LogP contribution in [0.3, 0.4) is 0 Å². The zero-order valence-corrected chi connectivity index (χ0v) is 15.6. The summed E-state index contributed by atoms with van der Waals surface area (Å²) in [6.45, 7) is 7.97. The summed E-state index contributed by atoms with van der Waals surface area (Å²) in [5.41, 5.74) is 3.55. The van der Waals surface area contributed by atoms with E-state index in [2.05, 4.69) is 31.4 Å². The maximum absolute atomic E-state index is 4.68. The summed E-state index contributed by atoms with van der Waals surface area (Å²) < 4.78 is 1.93. The summed E-state index contributed by atoms with van der Waals surface area (Å²) in [5, 5.41) is 8.12. The molecular formula is C18H27ClN6. The Bertz CT molecular complexity index is 667. The second kappa shape index (κ2) is 8.27. The van der Waals surface area contributed by atoms with Gasteiger partial charge >= 0.3 is 0 Å². The lowest BCUT2D eigenvalue weighted by Crippen LogP contribution is -2.49. The molecule has 0 radical (unpaired) electrons. The zero-order chi connectivity index (χ0) is 16.4. The first kappa shape index (κ1) is 18.3. The summed E-state index contributed by atoms with van der Waals surface area (Å²) in [4.78, 5) is 9.35. The number of hydrogen-bond acceptors (Lipinski definition) is 5. The minimum atomic E-state index is 0. The van der Waals surface area contributed by atoms with Crippen LogP contribution in [-0.2, 0) is 13.6 Å². The Balaban J connectivity index is 0.00000182. The minimum Gasteiger partial charge on any atom is -0.314 e. The molecule has 4 rings (SSSR count). The lowest BCUT2D eigenvalue weighted by molar-refractivity contribution is 0.170. The van der Waals surface area contributed by atoms with Crippen LogP contribution in [0.5, 0.6) is 0 Å². The van der Waals surface area contributed by atoms with Gasteiger partial charge in [-0.25, -0.2) is 0 Å². The molecule has 1 unspecified atom stereocenters. The maximum atomic E-state index is 4.68. The molecule has 0 saturated carbocycles. The largest absolute Gasteiger partial charge is 0.314 e. The topological polar surface area (TPSA) is 49.2 Å². The predicted molar refractivity (Wildman–Crippen MR) is 102 cm³/mol. The summed E-state index contributed by atoms with van der Waals surface area (Å²) in [6.07, 6.45) is 7.12. The Morgan fingerprint density at radius 2 is 1.92 bits per heavy atom. The average Bonchev–Trinajstić information content (AvgIpc) is 3.23. The summed E-state index contributed by atoms with van der Waals surface area (Å²) in [7, 11) is 2.00. The van der Waals surface area contributed by atoms with Gasteiger partial charge in [-0.05, 0) is 18.6 Å². The van der Waals surface area contributed by atoms with Gasteiger partial charge in [0.2, 0.25) is 0 Å². The highest BCUT2D eigenvalue weighted by Crippen LogP contribution is 2.25. The third-order valence-electron chi connectivity index (χ3n) is 5.17. The number of pyridine rings is 1. The molecule has 2 aliphatic heterocycles. The van der Waals surface area contributed by atoms with Gasteiger partial charge in [0.1, 0.15) is 0 Å². The lowest BCUT2D eigenvalue weighted by Gasteiger charge is -2.32. The van der Waals surface area contributed by atoms with Crippen molar-refractivity contribution in [1.29, 1.82) is 0 Å². The number of halogens is 1. The fraction of sp³-hybridized carbons (Fsp3) is 0.556. The van der Waals surface area contributed by atoms with Gasteiger partial charge in [0.25, 0.3) is 0 Å². The van der Waals surface area contributed by atoms with Crippen LogP contribution in [0.15, 0.2) is 30.7 Å². The van der Waals surface area contributed by atoms with Crippen molar-refractivity contribution in [3.63, 3.8) is 0 Å². The highest BCUT2D eigenvalue weighted by molar-refractivity contribution is 5.85.